The van der Waals surface area contributed by atoms with Gasteiger partial charge in [0.1, 0.15) is 5.76 Å². The van der Waals surface area contributed by atoms with Crippen molar-refractivity contribution in [1.29, 1.82) is 0 Å². The van der Waals surface area contributed by atoms with E-state index in [1.54, 1.807) is 23.9 Å². The molecule has 0 amide bonds. The normalized spacial score (nSPS) is 23.2. The molecule has 1 unspecified atom stereocenters. The summed E-state index contributed by atoms with van der Waals surface area (Å²) < 4.78 is 0. The number of allylic oxidation sites excluding steroid dienone is 4. The van der Waals surface area contributed by atoms with Gasteiger partial charge in [0.25, 0.3) is 0 Å². The third-order valence-corrected chi connectivity index (χ3v) is 3.99. The molecule has 0 saturated heterocycles. The lowest BCUT2D eigenvalue weighted by Gasteiger charge is -2.16. The van der Waals surface area contributed by atoms with Crippen molar-refractivity contribution in [3.05, 3.63) is 59.5 Å². The molecule has 0 radical (unpaired) electrons. The molecule has 1 aromatic carbocycles. The lowest BCUT2D eigenvalue weighted by Crippen LogP contribution is -2.10. The van der Waals surface area contributed by atoms with Crippen molar-refractivity contribution in [2.24, 2.45) is 5.73 Å². The number of hydrogen-bond acceptors (Lipinski definition) is 3. The number of hydrogen-bond donors (Lipinski definition) is 2. The van der Waals surface area contributed by atoms with E-state index in [0.717, 1.165) is 16.0 Å². The van der Waals surface area contributed by atoms with Crippen LogP contribution in [0.25, 0.3) is 5.57 Å². The summed E-state index contributed by atoms with van der Waals surface area (Å²) in [6.07, 6.45) is 7.16. The van der Waals surface area contributed by atoms with Crippen molar-refractivity contribution >= 4 is 28.9 Å². The Kier molecular flexibility index (Phi) is 3.97. The number of benzene rings is 1. The van der Waals surface area contributed by atoms with Gasteiger partial charge in [-0.3, -0.25) is 0 Å². The van der Waals surface area contributed by atoms with Gasteiger partial charge in [-0.05, 0) is 30.9 Å². The van der Waals surface area contributed by atoms with Crippen LogP contribution in [0.2, 0.25) is 0 Å². The summed E-state index contributed by atoms with van der Waals surface area (Å²) in [6, 6.07) is 7.93. The monoisotopic (exact) mass is 293 g/mol. The minimum absolute atomic E-state index is 0.0477. The van der Waals surface area contributed by atoms with E-state index in [4.69, 9.17) is 17.3 Å². The lowest BCUT2D eigenvalue weighted by molar-refractivity contribution is 0.427. The smallest absolute Gasteiger partial charge is 0.138 e. The fourth-order valence-corrected chi connectivity index (χ4v) is 2.75. The maximum absolute atomic E-state index is 9.95. The minimum atomic E-state index is -0.671. The molecule has 0 bridgehead atoms. The first-order valence-corrected chi connectivity index (χ1v) is 7.48. The molecular weight excluding hydrogens is 278 g/mol. The highest BCUT2D eigenvalue weighted by Crippen LogP contribution is 2.35. The SMILES string of the molecule is CSc1ccccc1C1=CC(C)(Cl)C=CC(O)=C1N. The average molecular weight is 294 g/mol. The Hall–Kier alpha value is -1.32. The van der Waals surface area contributed by atoms with Crippen LogP contribution in [0.3, 0.4) is 0 Å². The van der Waals surface area contributed by atoms with Crippen LogP contribution in [0.4, 0.5) is 0 Å². The van der Waals surface area contributed by atoms with E-state index in [-0.39, 0.29) is 5.76 Å². The van der Waals surface area contributed by atoms with Crippen LogP contribution in [0.5, 0.6) is 0 Å². The summed E-state index contributed by atoms with van der Waals surface area (Å²) in [4.78, 5) is 0.425. The highest BCUT2D eigenvalue weighted by Gasteiger charge is 2.22. The van der Waals surface area contributed by atoms with E-state index in [9.17, 15) is 5.11 Å². The summed E-state index contributed by atoms with van der Waals surface area (Å²) in [5, 5.41) is 9.95. The number of halogens is 1. The second-order valence-corrected chi connectivity index (χ2v) is 6.20. The summed E-state index contributed by atoms with van der Waals surface area (Å²) >= 11 is 8.02. The fraction of sp³-hybridized carbons (Fsp3) is 0.200. The van der Waals surface area contributed by atoms with Crippen LogP contribution in [0.1, 0.15) is 12.5 Å². The molecule has 3 N–H and O–H groups in total. The van der Waals surface area contributed by atoms with Gasteiger partial charge in [0.15, 0.2) is 0 Å². The van der Waals surface area contributed by atoms with Gasteiger partial charge in [-0.25, -0.2) is 0 Å². The first kappa shape index (κ1) is 14.1. The van der Waals surface area contributed by atoms with Gasteiger partial charge in [-0.15, -0.1) is 23.4 Å². The quantitative estimate of drug-likeness (QED) is 0.638. The van der Waals surface area contributed by atoms with E-state index in [1.807, 2.05) is 43.5 Å². The number of thioether (sulfide) groups is 1. The van der Waals surface area contributed by atoms with Crippen molar-refractivity contribution in [2.45, 2.75) is 16.7 Å². The Bertz CT molecular complexity index is 588. The van der Waals surface area contributed by atoms with E-state index in [0.29, 0.717) is 5.70 Å². The molecule has 100 valence electrons. The maximum Gasteiger partial charge on any atom is 0.138 e. The highest BCUT2D eigenvalue weighted by atomic mass is 35.5. The van der Waals surface area contributed by atoms with E-state index in [1.165, 1.54) is 0 Å². The average Bonchev–Trinajstić information content (AvgIpc) is 2.50. The Morgan fingerprint density at radius 3 is 2.68 bits per heavy atom. The minimum Gasteiger partial charge on any atom is -0.506 e. The van der Waals surface area contributed by atoms with Crippen molar-refractivity contribution in [3.63, 3.8) is 0 Å². The van der Waals surface area contributed by atoms with Crippen LogP contribution in [0, 0.1) is 0 Å². The number of aliphatic hydroxyl groups excluding tert-OH is 1. The molecule has 0 saturated carbocycles. The molecule has 0 aromatic heterocycles. The maximum atomic E-state index is 9.95. The van der Waals surface area contributed by atoms with E-state index >= 15 is 0 Å². The fourth-order valence-electron chi connectivity index (χ4n) is 1.97. The molecule has 0 spiro atoms. The van der Waals surface area contributed by atoms with Crippen molar-refractivity contribution in [3.8, 4) is 0 Å². The standard InChI is InChI=1S/C15H16ClNOS/c1-15(16)8-7-12(18)14(17)11(9-15)10-5-3-4-6-13(10)19-2/h3-9,18H,17H2,1-2H3. The summed E-state index contributed by atoms with van der Waals surface area (Å²) in [5.41, 5.74) is 8.14. The molecule has 1 aromatic rings. The third kappa shape index (κ3) is 2.99. The second-order valence-electron chi connectivity index (χ2n) is 4.54. The number of alkyl halides is 1. The van der Waals surface area contributed by atoms with Crippen LogP contribution < -0.4 is 5.73 Å². The topological polar surface area (TPSA) is 46.2 Å². The molecule has 0 fully saturated rings. The number of aliphatic hydroxyl groups is 1. The van der Waals surface area contributed by atoms with Gasteiger partial charge in [0, 0.05) is 10.5 Å². The van der Waals surface area contributed by atoms with Gasteiger partial charge in [0.05, 0.1) is 10.6 Å². The largest absolute Gasteiger partial charge is 0.506 e. The molecular formula is C15H16ClNOS. The number of rotatable bonds is 2. The number of nitrogens with two attached hydrogens (primary N) is 1. The summed E-state index contributed by atoms with van der Waals surface area (Å²) in [5.74, 6) is 0.0477. The van der Waals surface area contributed by atoms with Gasteiger partial charge >= 0.3 is 0 Å². The Labute approximate surface area is 122 Å². The molecule has 1 aliphatic carbocycles. The summed E-state index contributed by atoms with van der Waals surface area (Å²) in [6.45, 7) is 1.86. The molecule has 0 aliphatic heterocycles. The predicted octanol–water partition coefficient (Wildman–Crippen LogP) is 4.09. The molecule has 1 aliphatic rings. The van der Waals surface area contributed by atoms with Gasteiger partial charge in [-0.2, -0.15) is 0 Å². The van der Waals surface area contributed by atoms with Crippen molar-refractivity contribution in [1.82, 2.24) is 0 Å². The third-order valence-electron chi connectivity index (χ3n) is 2.96. The van der Waals surface area contributed by atoms with Gasteiger partial charge in [-0.1, -0.05) is 30.4 Å². The summed E-state index contributed by atoms with van der Waals surface area (Å²) in [7, 11) is 0. The van der Waals surface area contributed by atoms with Gasteiger partial charge in [0.2, 0.25) is 0 Å². The van der Waals surface area contributed by atoms with E-state index in [2.05, 4.69) is 0 Å². The zero-order valence-electron chi connectivity index (χ0n) is 10.9. The Balaban J connectivity index is 2.65. The predicted molar refractivity (Wildman–Crippen MR) is 83.4 cm³/mol. The van der Waals surface area contributed by atoms with Crippen LogP contribution in [-0.4, -0.2) is 16.2 Å². The van der Waals surface area contributed by atoms with Crippen molar-refractivity contribution in [2.75, 3.05) is 6.26 Å². The van der Waals surface area contributed by atoms with Crippen LogP contribution in [0.15, 0.2) is 58.8 Å². The highest BCUT2D eigenvalue weighted by molar-refractivity contribution is 7.98. The Morgan fingerprint density at radius 2 is 2.00 bits per heavy atom. The molecule has 4 heteroatoms. The first-order chi connectivity index (χ1) is 8.94. The molecule has 0 heterocycles. The second kappa shape index (κ2) is 5.35. The Morgan fingerprint density at radius 1 is 1.32 bits per heavy atom. The van der Waals surface area contributed by atoms with E-state index < -0.39 is 4.87 Å². The van der Waals surface area contributed by atoms with Crippen LogP contribution in [-0.2, 0) is 0 Å². The zero-order valence-corrected chi connectivity index (χ0v) is 12.4. The molecule has 2 nitrogen and oxygen atoms in total. The molecule has 1 atom stereocenters. The lowest BCUT2D eigenvalue weighted by atomic mass is 9.99. The zero-order chi connectivity index (χ0) is 14.0. The van der Waals surface area contributed by atoms with Crippen molar-refractivity contribution < 1.29 is 5.11 Å². The molecule has 19 heavy (non-hydrogen) atoms. The van der Waals surface area contributed by atoms with Gasteiger partial charge < -0.3 is 10.8 Å². The molecule has 2 rings (SSSR count). The first-order valence-electron chi connectivity index (χ1n) is 5.88. The van der Waals surface area contributed by atoms with Crippen LogP contribution >= 0.6 is 23.4 Å².